The topological polar surface area (TPSA) is 130 Å². The van der Waals surface area contributed by atoms with Gasteiger partial charge in [-0.15, -0.1) is 0 Å². The van der Waals surface area contributed by atoms with Gasteiger partial charge in [0.05, 0.1) is 26.9 Å². The molecule has 2 heterocycles. The van der Waals surface area contributed by atoms with Crippen LogP contribution in [0, 0.1) is 0 Å². The number of nitrogens with zero attached hydrogens (tertiary/aromatic N) is 2. The number of esters is 2. The number of carbonyl (C=O) groups excluding carboxylic acids is 3. The van der Waals surface area contributed by atoms with Crippen molar-refractivity contribution < 1.29 is 33.1 Å². The molecule has 0 radical (unpaired) electrons. The van der Waals surface area contributed by atoms with Gasteiger partial charge in [0.1, 0.15) is 5.69 Å². The highest BCUT2D eigenvalue weighted by Crippen LogP contribution is 2.33. The standard InChI is InChI=1S/C17H19N3O7/c1-10(21)19-17(15(22)25-3,16(23)26-4)9-11-13(27-20-14(11)24-2)12-7-5-6-8-18-12/h5-8H,9H2,1-4H3,(H,19,21). The van der Waals surface area contributed by atoms with Gasteiger partial charge in [-0.3, -0.25) is 9.78 Å². The van der Waals surface area contributed by atoms with Crippen LogP contribution < -0.4 is 10.1 Å². The van der Waals surface area contributed by atoms with Crippen molar-refractivity contribution in [2.24, 2.45) is 0 Å². The summed E-state index contributed by atoms with van der Waals surface area (Å²) in [7, 11) is 3.53. The molecule has 27 heavy (non-hydrogen) atoms. The van der Waals surface area contributed by atoms with E-state index in [4.69, 9.17) is 18.7 Å². The molecule has 0 spiro atoms. The second-order valence-corrected chi connectivity index (χ2v) is 5.46. The number of nitrogens with one attached hydrogen (secondary N) is 1. The van der Waals surface area contributed by atoms with E-state index in [0.717, 1.165) is 21.1 Å². The van der Waals surface area contributed by atoms with Gasteiger partial charge in [-0.25, -0.2) is 9.59 Å². The Morgan fingerprint density at radius 2 is 1.81 bits per heavy atom. The number of pyridine rings is 1. The third-order valence-corrected chi connectivity index (χ3v) is 3.74. The van der Waals surface area contributed by atoms with Gasteiger partial charge in [0.2, 0.25) is 11.4 Å². The highest BCUT2D eigenvalue weighted by Gasteiger charge is 2.51. The highest BCUT2D eigenvalue weighted by atomic mass is 16.6. The molecule has 2 rings (SSSR count). The van der Waals surface area contributed by atoms with Crippen LogP contribution in [0.4, 0.5) is 0 Å². The zero-order valence-electron chi connectivity index (χ0n) is 15.3. The minimum atomic E-state index is -2.16. The Morgan fingerprint density at radius 1 is 1.15 bits per heavy atom. The summed E-state index contributed by atoms with van der Waals surface area (Å²) in [6.07, 6.45) is 1.15. The van der Waals surface area contributed by atoms with E-state index in [2.05, 4.69) is 15.5 Å². The van der Waals surface area contributed by atoms with Gasteiger partial charge >= 0.3 is 11.9 Å². The number of hydrogen-bond acceptors (Lipinski definition) is 9. The van der Waals surface area contributed by atoms with E-state index in [1.807, 2.05) is 0 Å². The highest BCUT2D eigenvalue weighted by molar-refractivity contribution is 6.08. The zero-order chi connectivity index (χ0) is 20.0. The van der Waals surface area contributed by atoms with Crippen LogP contribution in [0.25, 0.3) is 11.5 Å². The maximum atomic E-state index is 12.5. The van der Waals surface area contributed by atoms with E-state index in [9.17, 15) is 14.4 Å². The molecule has 2 aromatic rings. The van der Waals surface area contributed by atoms with E-state index in [1.54, 1.807) is 18.2 Å². The third kappa shape index (κ3) is 3.89. The lowest BCUT2D eigenvalue weighted by Gasteiger charge is -2.28. The van der Waals surface area contributed by atoms with Crippen molar-refractivity contribution in [3.63, 3.8) is 0 Å². The van der Waals surface area contributed by atoms with Crippen LogP contribution in [0.15, 0.2) is 28.9 Å². The number of carbonyl (C=O) groups is 3. The van der Waals surface area contributed by atoms with Gasteiger partial charge in [0, 0.05) is 19.5 Å². The summed E-state index contributed by atoms with van der Waals surface area (Å²) in [6, 6.07) is 5.09. The normalized spacial score (nSPS) is 10.8. The minimum absolute atomic E-state index is 0.0261. The Labute approximate surface area is 154 Å². The van der Waals surface area contributed by atoms with Crippen LogP contribution in [0.2, 0.25) is 0 Å². The van der Waals surface area contributed by atoms with Crippen molar-refractivity contribution in [2.45, 2.75) is 18.9 Å². The van der Waals surface area contributed by atoms with Gasteiger partial charge in [-0.1, -0.05) is 6.07 Å². The number of ether oxygens (including phenoxy) is 3. The predicted molar refractivity (Wildman–Crippen MR) is 90.6 cm³/mol. The molecule has 0 fully saturated rings. The molecule has 0 atom stereocenters. The lowest BCUT2D eigenvalue weighted by atomic mass is 9.89. The first-order valence-electron chi connectivity index (χ1n) is 7.79. The summed E-state index contributed by atoms with van der Waals surface area (Å²) in [5.41, 5.74) is -1.52. The van der Waals surface area contributed by atoms with Crippen LogP contribution in [0.5, 0.6) is 5.88 Å². The molecule has 0 saturated carbocycles. The Kier molecular flexibility index (Phi) is 6.11. The third-order valence-electron chi connectivity index (χ3n) is 3.74. The summed E-state index contributed by atoms with van der Waals surface area (Å²) in [5, 5.41) is 6.12. The smallest absolute Gasteiger partial charge is 0.343 e. The fraction of sp³-hybridized carbons (Fsp3) is 0.353. The molecular formula is C17H19N3O7. The Bertz CT molecular complexity index is 816. The molecule has 1 amide bonds. The van der Waals surface area contributed by atoms with Crippen molar-refractivity contribution in [3.05, 3.63) is 30.0 Å². The first-order valence-corrected chi connectivity index (χ1v) is 7.79. The van der Waals surface area contributed by atoms with Crippen LogP contribution in [0.3, 0.4) is 0 Å². The summed E-state index contributed by atoms with van der Waals surface area (Å²) in [6.45, 7) is 1.16. The van der Waals surface area contributed by atoms with Crippen LogP contribution in [0.1, 0.15) is 12.5 Å². The number of aromatic nitrogens is 2. The first-order chi connectivity index (χ1) is 12.9. The van der Waals surface area contributed by atoms with Crippen LogP contribution in [-0.2, 0) is 30.3 Å². The Morgan fingerprint density at radius 3 is 2.30 bits per heavy atom. The second kappa shape index (κ2) is 8.30. The van der Waals surface area contributed by atoms with Crippen molar-refractivity contribution in [1.29, 1.82) is 0 Å². The van der Waals surface area contributed by atoms with Crippen molar-refractivity contribution in [3.8, 4) is 17.3 Å². The van der Waals surface area contributed by atoms with Gasteiger partial charge in [0.25, 0.3) is 5.88 Å². The van der Waals surface area contributed by atoms with Gasteiger partial charge in [-0.05, 0) is 17.3 Å². The first kappa shape index (κ1) is 19.9. The van der Waals surface area contributed by atoms with Crippen LogP contribution >= 0.6 is 0 Å². The monoisotopic (exact) mass is 377 g/mol. The number of hydrogen-bond donors (Lipinski definition) is 1. The van der Waals surface area contributed by atoms with E-state index in [-0.39, 0.29) is 23.6 Å². The quantitative estimate of drug-likeness (QED) is 0.541. The Hall–Kier alpha value is -3.43. The van der Waals surface area contributed by atoms with E-state index in [0.29, 0.717) is 5.69 Å². The van der Waals surface area contributed by atoms with Gasteiger partial charge in [0.15, 0.2) is 5.76 Å². The van der Waals surface area contributed by atoms with Gasteiger partial charge < -0.3 is 24.1 Å². The SMILES string of the molecule is COC(=O)C(Cc1c(OC)noc1-c1ccccn1)(NC(C)=O)C(=O)OC. The van der Waals surface area contributed by atoms with Gasteiger partial charge in [-0.2, -0.15) is 0 Å². The van der Waals surface area contributed by atoms with E-state index in [1.165, 1.54) is 13.3 Å². The summed E-state index contributed by atoms with van der Waals surface area (Å²) in [4.78, 5) is 40.9. The lowest BCUT2D eigenvalue weighted by Crippen LogP contribution is -2.62. The number of rotatable bonds is 7. The molecule has 144 valence electrons. The molecule has 0 bridgehead atoms. The summed E-state index contributed by atoms with van der Waals surface area (Å²) in [5.74, 6) is -2.46. The average Bonchev–Trinajstić information content (AvgIpc) is 3.08. The molecule has 10 nitrogen and oxygen atoms in total. The molecule has 0 aliphatic carbocycles. The summed E-state index contributed by atoms with van der Waals surface area (Å²) >= 11 is 0. The van der Waals surface area contributed by atoms with Crippen molar-refractivity contribution in [2.75, 3.05) is 21.3 Å². The maximum absolute atomic E-state index is 12.5. The second-order valence-electron chi connectivity index (χ2n) is 5.46. The zero-order valence-corrected chi connectivity index (χ0v) is 15.3. The largest absolute Gasteiger partial charge is 0.479 e. The van der Waals surface area contributed by atoms with Crippen molar-refractivity contribution >= 4 is 17.8 Å². The number of methoxy groups -OCH3 is 3. The van der Waals surface area contributed by atoms with E-state index < -0.39 is 23.4 Å². The van der Waals surface area contributed by atoms with Crippen molar-refractivity contribution in [1.82, 2.24) is 15.5 Å². The maximum Gasteiger partial charge on any atom is 0.343 e. The summed E-state index contributed by atoms with van der Waals surface area (Å²) < 4.78 is 20.0. The lowest BCUT2D eigenvalue weighted by molar-refractivity contribution is -0.165. The van der Waals surface area contributed by atoms with Crippen LogP contribution in [-0.4, -0.2) is 54.9 Å². The number of amides is 1. The molecule has 1 N–H and O–H groups in total. The molecule has 0 aromatic carbocycles. The predicted octanol–water partition coefficient (Wildman–Crippen LogP) is 0.509. The fourth-order valence-corrected chi connectivity index (χ4v) is 2.60. The molecule has 10 heteroatoms. The van der Waals surface area contributed by atoms with E-state index >= 15 is 0 Å². The molecule has 0 saturated heterocycles. The molecule has 0 aliphatic heterocycles. The minimum Gasteiger partial charge on any atom is -0.479 e. The molecule has 2 aromatic heterocycles. The molecular weight excluding hydrogens is 358 g/mol. The molecule has 0 aliphatic rings. The Balaban J connectivity index is 2.64. The molecule has 0 unspecified atom stereocenters. The average molecular weight is 377 g/mol. The fourth-order valence-electron chi connectivity index (χ4n) is 2.60.